The van der Waals surface area contributed by atoms with E-state index in [0.29, 0.717) is 30.2 Å². The van der Waals surface area contributed by atoms with Gasteiger partial charge in [0.25, 0.3) is 0 Å². The second-order valence-electron chi connectivity index (χ2n) is 4.98. The summed E-state index contributed by atoms with van der Waals surface area (Å²) in [6, 6.07) is 4.11. The Kier molecular flexibility index (Phi) is 6.67. The first-order valence-electron chi connectivity index (χ1n) is 7.06. The normalized spacial score (nSPS) is 12.1. The number of nitrogens with zero attached hydrogens (tertiary/aromatic N) is 1. The van der Waals surface area contributed by atoms with E-state index in [1.165, 1.54) is 24.4 Å². The molecule has 1 aromatic heterocycles. The van der Waals surface area contributed by atoms with Crippen molar-refractivity contribution in [2.75, 3.05) is 13.2 Å². The van der Waals surface area contributed by atoms with Gasteiger partial charge < -0.3 is 19.1 Å². The molecule has 0 spiro atoms. The van der Waals surface area contributed by atoms with Crippen LogP contribution in [0.3, 0.4) is 0 Å². The molecule has 6 nitrogen and oxygen atoms in total. The maximum absolute atomic E-state index is 12.2. The molecule has 0 fully saturated rings. The topological polar surface area (TPSA) is 80.6 Å². The van der Waals surface area contributed by atoms with Gasteiger partial charge in [0.15, 0.2) is 5.43 Å². The number of hydrogen-bond donors (Lipinski definition) is 0. The first kappa shape index (κ1) is 19.7. The molecule has 0 N–H and O–H groups in total. The Morgan fingerprint density at radius 3 is 2.88 bits per heavy atom. The van der Waals surface area contributed by atoms with Gasteiger partial charge in [0.2, 0.25) is 0 Å². The van der Waals surface area contributed by atoms with Crippen molar-refractivity contribution in [2.24, 2.45) is 0 Å². The number of pyridine rings is 1. The van der Waals surface area contributed by atoms with Crippen LogP contribution in [0, 0.1) is 0 Å². The molecule has 0 saturated heterocycles. The number of fused-ring (bicyclic) bond motifs is 3. The number of carbonyl (C=O) groups excluding carboxylic acids is 1. The Balaban J connectivity index is 0.00000208. The van der Waals surface area contributed by atoms with Crippen molar-refractivity contribution in [1.29, 1.82) is 0 Å². The van der Waals surface area contributed by atoms with Crippen LogP contribution in [0.15, 0.2) is 29.2 Å². The summed E-state index contributed by atoms with van der Waals surface area (Å²) >= 11 is 5.90. The fourth-order valence-electron chi connectivity index (χ4n) is 2.46. The zero-order valence-corrected chi connectivity index (χ0v) is 19.0. The average Bonchev–Trinajstić information content (AvgIpc) is 2.67. The summed E-state index contributed by atoms with van der Waals surface area (Å²) < 4.78 is 12.2. The van der Waals surface area contributed by atoms with Crippen molar-refractivity contribution >= 4 is 17.6 Å². The number of benzene rings is 1. The van der Waals surface area contributed by atoms with Gasteiger partial charge in [-0.25, -0.2) is 4.79 Å². The molecule has 3 rings (SSSR count). The SMILES string of the molecule is CCOC(=O)c1cn2c(cc1=O)-c1cc(Cl)c([O-])cc1OCC2.[Rb+]. The molecule has 24 heavy (non-hydrogen) atoms. The largest absolute Gasteiger partial charge is 1.00 e. The molecule has 0 amide bonds. The van der Waals surface area contributed by atoms with E-state index in [2.05, 4.69) is 0 Å². The first-order valence-corrected chi connectivity index (χ1v) is 7.44. The smallest absolute Gasteiger partial charge is 0.871 e. The summed E-state index contributed by atoms with van der Waals surface area (Å²) in [5.41, 5.74) is 0.590. The number of halogens is 1. The van der Waals surface area contributed by atoms with E-state index in [9.17, 15) is 14.7 Å². The summed E-state index contributed by atoms with van der Waals surface area (Å²) in [7, 11) is 0. The molecule has 0 unspecified atom stereocenters. The van der Waals surface area contributed by atoms with Crippen LogP contribution in [-0.2, 0) is 11.3 Å². The molecule has 2 heterocycles. The van der Waals surface area contributed by atoms with Crippen LogP contribution < -0.4 is 73.5 Å². The molecule has 1 aliphatic heterocycles. The molecule has 0 saturated carbocycles. The van der Waals surface area contributed by atoms with Crippen LogP contribution in [0.5, 0.6) is 11.5 Å². The third kappa shape index (κ3) is 3.78. The third-order valence-electron chi connectivity index (χ3n) is 3.52. The van der Waals surface area contributed by atoms with E-state index < -0.39 is 11.4 Å². The van der Waals surface area contributed by atoms with Crippen molar-refractivity contribution in [3.05, 3.63) is 45.2 Å². The molecule has 2 aromatic rings. The summed E-state index contributed by atoms with van der Waals surface area (Å²) in [6.07, 6.45) is 1.45. The van der Waals surface area contributed by atoms with Crippen molar-refractivity contribution in [3.8, 4) is 22.8 Å². The van der Waals surface area contributed by atoms with Gasteiger partial charge in [0.1, 0.15) is 17.9 Å². The van der Waals surface area contributed by atoms with Crippen LogP contribution >= 0.6 is 11.6 Å². The number of esters is 1. The van der Waals surface area contributed by atoms with Crippen LogP contribution in [0.25, 0.3) is 11.3 Å². The molecule has 0 radical (unpaired) electrons. The van der Waals surface area contributed by atoms with Gasteiger partial charge in [-0.1, -0.05) is 17.4 Å². The maximum Gasteiger partial charge on any atom is 1.00 e. The minimum Gasteiger partial charge on any atom is -0.871 e. The summed E-state index contributed by atoms with van der Waals surface area (Å²) in [5.74, 6) is -0.635. The van der Waals surface area contributed by atoms with Gasteiger partial charge in [0.05, 0.1) is 18.8 Å². The molecular formula is C16H13ClNO5Rb. The van der Waals surface area contributed by atoms with Gasteiger partial charge in [0, 0.05) is 22.8 Å². The van der Waals surface area contributed by atoms with Gasteiger partial charge in [-0.3, -0.25) is 4.79 Å². The van der Waals surface area contributed by atoms with Crippen molar-refractivity contribution in [3.63, 3.8) is 0 Å². The second-order valence-corrected chi connectivity index (χ2v) is 5.38. The van der Waals surface area contributed by atoms with Crippen LogP contribution in [-0.4, -0.2) is 23.8 Å². The Bertz CT molecular complexity index is 849. The molecular weight excluding hydrogens is 407 g/mol. The number of aromatic nitrogens is 1. The zero-order valence-electron chi connectivity index (χ0n) is 13.3. The predicted molar refractivity (Wildman–Crippen MR) is 82.0 cm³/mol. The Morgan fingerprint density at radius 2 is 2.17 bits per heavy atom. The van der Waals surface area contributed by atoms with Crippen molar-refractivity contribution in [2.45, 2.75) is 13.5 Å². The van der Waals surface area contributed by atoms with Gasteiger partial charge in [-0.15, -0.1) is 0 Å². The van der Waals surface area contributed by atoms with E-state index >= 15 is 0 Å². The van der Waals surface area contributed by atoms with Gasteiger partial charge in [-0.2, -0.15) is 0 Å². The summed E-state index contributed by atoms with van der Waals surface area (Å²) in [4.78, 5) is 24.1. The number of ether oxygens (including phenoxy) is 2. The quantitative estimate of drug-likeness (QED) is 0.572. The minimum atomic E-state index is -0.661. The average molecular weight is 420 g/mol. The number of hydrogen-bond acceptors (Lipinski definition) is 5. The molecule has 0 aliphatic carbocycles. The van der Waals surface area contributed by atoms with Crippen LogP contribution in [0.2, 0.25) is 5.02 Å². The summed E-state index contributed by atoms with van der Waals surface area (Å²) in [5, 5.41) is 11.7. The molecule has 0 bridgehead atoms. The second kappa shape index (κ2) is 8.14. The van der Waals surface area contributed by atoms with E-state index in [1.807, 2.05) is 0 Å². The van der Waals surface area contributed by atoms with E-state index in [-0.39, 0.29) is 81.1 Å². The Labute approximate surface area is 192 Å². The van der Waals surface area contributed by atoms with E-state index in [1.54, 1.807) is 11.5 Å². The molecule has 1 aliphatic rings. The van der Waals surface area contributed by atoms with Gasteiger partial charge >= 0.3 is 64.2 Å². The number of carbonyl (C=O) groups is 1. The molecule has 1 aromatic carbocycles. The fraction of sp³-hybridized carbons (Fsp3) is 0.250. The van der Waals surface area contributed by atoms with Crippen molar-refractivity contribution in [1.82, 2.24) is 4.57 Å². The molecule has 0 atom stereocenters. The van der Waals surface area contributed by atoms with Crippen molar-refractivity contribution < 1.29 is 77.6 Å². The molecule has 8 heteroatoms. The third-order valence-corrected chi connectivity index (χ3v) is 3.82. The zero-order chi connectivity index (χ0) is 16.6. The summed E-state index contributed by atoms with van der Waals surface area (Å²) in [6.45, 7) is 2.58. The van der Waals surface area contributed by atoms with Crippen LogP contribution in [0.4, 0.5) is 0 Å². The Hall–Kier alpha value is -0.665. The van der Waals surface area contributed by atoms with Crippen LogP contribution in [0.1, 0.15) is 17.3 Å². The van der Waals surface area contributed by atoms with E-state index in [4.69, 9.17) is 21.1 Å². The fourth-order valence-corrected chi connectivity index (χ4v) is 2.63. The predicted octanol–water partition coefficient (Wildman–Crippen LogP) is -1.18. The van der Waals surface area contributed by atoms with E-state index in [0.717, 1.165) is 0 Å². The minimum absolute atomic E-state index is 0. The molecule has 120 valence electrons. The number of rotatable bonds is 2. The standard InChI is InChI=1S/C16H14ClNO5.Rb/c1-2-22-16(21)10-8-18-3-4-23-15-7-14(20)11(17)5-9(15)12(18)6-13(10)19;/h5-8,20H,2-4H2,1H3;/q;+1/p-1. The maximum atomic E-state index is 12.2. The monoisotopic (exact) mass is 419 g/mol. The van der Waals surface area contributed by atoms with Gasteiger partial charge in [-0.05, 0) is 19.1 Å². The Morgan fingerprint density at radius 1 is 1.42 bits per heavy atom. The first-order chi connectivity index (χ1) is 11.0.